The van der Waals surface area contributed by atoms with E-state index in [9.17, 15) is 14.0 Å². The van der Waals surface area contributed by atoms with Gasteiger partial charge >= 0.3 is 0 Å². The molecular formula is C22H23FN2O2. The van der Waals surface area contributed by atoms with E-state index in [1.54, 1.807) is 30.3 Å². The van der Waals surface area contributed by atoms with Gasteiger partial charge in [-0.05, 0) is 62.2 Å². The highest BCUT2D eigenvalue weighted by molar-refractivity contribution is 5.96. The van der Waals surface area contributed by atoms with Crippen LogP contribution < -0.4 is 0 Å². The molecule has 4 nitrogen and oxygen atoms in total. The Morgan fingerprint density at radius 1 is 1.00 bits per heavy atom. The number of carbonyl (C=O) groups is 2. The number of Topliss-reactive ketones (excluding diaryl/α,β-unsaturated/α-hetero) is 1. The van der Waals surface area contributed by atoms with Crippen LogP contribution in [0.15, 0.2) is 42.5 Å². The van der Waals surface area contributed by atoms with Gasteiger partial charge in [0, 0.05) is 42.4 Å². The molecule has 0 aliphatic carbocycles. The Morgan fingerprint density at radius 3 is 2.48 bits per heavy atom. The van der Waals surface area contributed by atoms with Gasteiger partial charge in [0.1, 0.15) is 5.82 Å². The van der Waals surface area contributed by atoms with Gasteiger partial charge in [-0.25, -0.2) is 4.39 Å². The average Bonchev–Trinajstić information content (AvgIpc) is 3.15. The molecule has 0 aromatic heterocycles. The molecule has 2 aliphatic rings. The van der Waals surface area contributed by atoms with E-state index < -0.39 is 0 Å². The second-order valence-corrected chi connectivity index (χ2v) is 7.41. The molecule has 1 unspecified atom stereocenters. The maximum Gasteiger partial charge on any atom is 0.253 e. The topological polar surface area (TPSA) is 40.6 Å². The van der Waals surface area contributed by atoms with Gasteiger partial charge in [0.05, 0.1) is 0 Å². The number of hydrogen-bond acceptors (Lipinski definition) is 3. The molecule has 2 fully saturated rings. The van der Waals surface area contributed by atoms with E-state index in [0.29, 0.717) is 28.3 Å². The van der Waals surface area contributed by atoms with Crippen LogP contribution in [0.25, 0.3) is 11.1 Å². The van der Waals surface area contributed by atoms with Crippen molar-refractivity contribution < 1.29 is 14.0 Å². The number of hydrogen-bond donors (Lipinski definition) is 0. The number of halogens is 1. The Labute approximate surface area is 158 Å². The van der Waals surface area contributed by atoms with Crippen molar-refractivity contribution in [3.8, 4) is 11.1 Å². The lowest BCUT2D eigenvalue weighted by molar-refractivity contribution is 0.0571. The van der Waals surface area contributed by atoms with Gasteiger partial charge in [-0.2, -0.15) is 0 Å². The molecule has 0 saturated carbocycles. The summed E-state index contributed by atoms with van der Waals surface area (Å²) in [5, 5.41) is 0. The van der Waals surface area contributed by atoms with Crippen molar-refractivity contribution in [3.63, 3.8) is 0 Å². The number of benzene rings is 2. The minimum atomic E-state index is -0.378. The lowest BCUT2D eigenvalue weighted by atomic mass is 9.99. The number of rotatable bonds is 3. The van der Waals surface area contributed by atoms with E-state index in [2.05, 4.69) is 4.90 Å². The Morgan fingerprint density at radius 2 is 1.74 bits per heavy atom. The summed E-state index contributed by atoms with van der Waals surface area (Å²) in [6.07, 6.45) is 2.38. The summed E-state index contributed by atoms with van der Waals surface area (Å²) in [5.74, 6) is -0.448. The summed E-state index contributed by atoms with van der Waals surface area (Å²) < 4.78 is 14.2. The summed E-state index contributed by atoms with van der Waals surface area (Å²) in [6, 6.07) is 11.9. The summed E-state index contributed by atoms with van der Waals surface area (Å²) >= 11 is 0. The molecule has 2 aromatic carbocycles. The first-order valence-corrected chi connectivity index (χ1v) is 9.47. The first-order chi connectivity index (χ1) is 13.0. The normalized spacial score (nSPS) is 19.8. The van der Waals surface area contributed by atoms with E-state index in [1.165, 1.54) is 25.5 Å². The molecule has 0 N–H and O–H groups in total. The average molecular weight is 366 g/mol. The highest BCUT2D eigenvalue weighted by Gasteiger charge is 2.32. The van der Waals surface area contributed by atoms with Crippen LogP contribution in [-0.4, -0.2) is 53.7 Å². The van der Waals surface area contributed by atoms with Crippen LogP contribution >= 0.6 is 0 Å². The van der Waals surface area contributed by atoms with Crippen LogP contribution in [0, 0.1) is 5.82 Å². The van der Waals surface area contributed by atoms with Crippen LogP contribution in [0.1, 0.15) is 40.5 Å². The number of fused-ring (bicyclic) bond motifs is 1. The molecule has 0 bridgehead atoms. The largest absolute Gasteiger partial charge is 0.336 e. The van der Waals surface area contributed by atoms with Gasteiger partial charge in [0.25, 0.3) is 5.91 Å². The predicted octanol–water partition coefficient (Wildman–Crippen LogP) is 3.62. The molecule has 4 rings (SSSR count). The van der Waals surface area contributed by atoms with Gasteiger partial charge in [0.15, 0.2) is 5.78 Å². The van der Waals surface area contributed by atoms with Crippen LogP contribution in [0.4, 0.5) is 4.39 Å². The fraction of sp³-hybridized carbons (Fsp3) is 0.364. The van der Waals surface area contributed by atoms with Crippen molar-refractivity contribution in [2.45, 2.75) is 25.8 Å². The minimum Gasteiger partial charge on any atom is -0.336 e. The molecule has 2 saturated heterocycles. The molecular weight excluding hydrogens is 343 g/mol. The third kappa shape index (κ3) is 3.52. The van der Waals surface area contributed by atoms with Crippen LogP contribution in [0.5, 0.6) is 0 Å². The number of nitrogens with zero attached hydrogens (tertiary/aromatic N) is 2. The molecule has 2 aliphatic heterocycles. The molecule has 0 radical (unpaired) electrons. The summed E-state index contributed by atoms with van der Waals surface area (Å²) in [5.41, 5.74) is 2.13. The minimum absolute atomic E-state index is 0.0334. The monoisotopic (exact) mass is 366 g/mol. The zero-order chi connectivity index (χ0) is 19.0. The summed E-state index contributed by atoms with van der Waals surface area (Å²) in [7, 11) is 0. The zero-order valence-corrected chi connectivity index (χ0v) is 15.5. The molecule has 27 heavy (non-hydrogen) atoms. The Bertz CT molecular complexity index is 878. The van der Waals surface area contributed by atoms with Gasteiger partial charge < -0.3 is 4.90 Å². The Balaban J connectivity index is 1.53. The van der Waals surface area contributed by atoms with Crippen molar-refractivity contribution in [3.05, 3.63) is 59.4 Å². The Hall–Kier alpha value is -2.53. The molecule has 1 atom stereocenters. The first kappa shape index (κ1) is 17.9. The van der Waals surface area contributed by atoms with Gasteiger partial charge in [-0.1, -0.05) is 12.1 Å². The van der Waals surface area contributed by atoms with Gasteiger partial charge in [0.2, 0.25) is 0 Å². The van der Waals surface area contributed by atoms with E-state index in [1.807, 2.05) is 4.90 Å². The van der Waals surface area contributed by atoms with Crippen molar-refractivity contribution in [2.75, 3.05) is 26.2 Å². The molecule has 2 heterocycles. The van der Waals surface area contributed by atoms with Gasteiger partial charge in [-0.3, -0.25) is 14.5 Å². The van der Waals surface area contributed by atoms with Crippen molar-refractivity contribution in [1.29, 1.82) is 0 Å². The highest BCUT2D eigenvalue weighted by atomic mass is 19.1. The maximum absolute atomic E-state index is 14.2. The summed E-state index contributed by atoms with van der Waals surface area (Å²) in [4.78, 5) is 28.8. The molecule has 1 amide bonds. The van der Waals surface area contributed by atoms with E-state index >= 15 is 0 Å². The zero-order valence-electron chi connectivity index (χ0n) is 15.5. The first-order valence-electron chi connectivity index (χ1n) is 9.47. The molecule has 2 aromatic rings. The van der Waals surface area contributed by atoms with E-state index in [0.717, 1.165) is 32.6 Å². The molecule has 5 heteroatoms. The highest BCUT2D eigenvalue weighted by Crippen LogP contribution is 2.26. The van der Waals surface area contributed by atoms with Crippen molar-refractivity contribution in [2.24, 2.45) is 0 Å². The molecule has 140 valence electrons. The molecule has 0 spiro atoms. The van der Waals surface area contributed by atoms with E-state index in [4.69, 9.17) is 0 Å². The number of carbonyl (C=O) groups excluding carboxylic acids is 2. The van der Waals surface area contributed by atoms with Crippen molar-refractivity contribution in [1.82, 2.24) is 9.80 Å². The second kappa shape index (κ2) is 7.24. The summed E-state index contributed by atoms with van der Waals surface area (Å²) in [6.45, 7) is 5.09. The van der Waals surface area contributed by atoms with Crippen molar-refractivity contribution >= 4 is 11.7 Å². The number of amides is 1. The SMILES string of the molecule is CC(=O)c1ccc(F)c(-c2ccc(C(=O)N3CCN4CCCC4C3)cc2)c1. The Kier molecular flexibility index (Phi) is 4.79. The van der Waals surface area contributed by atoms with Crippen LogP contribution in [0.2, 0.25) is 0 Å². The van der Waals surface area contributed by atoms with Gasteiger partial charge in [-0.15, -0.1) is 0 Å². The number of piperazine rings is 1. The van der Waals surface area contributed by atoms with Crippen LogP contribution in [-0.2, 0) is 0 Å². The number of ketones is 1. The predicted molar refractivity (Wildman–Crippen MR) is 102 cm³/mol. The van der Waals surface area contributed by atoms with E-state index in [-0.39, 0.29) is 17.5 Å². The standard InChI is InChI=1S/C22H23FN2O2/c1-15(26)18-8-9-21(23)20(13-18)16-4-6-17(7-5-16)22(27)25-12-11-24-10-2-3-19(24)14-25/h4-9,13,19H,2-3,10-12,14H2,1H3. The third-order valence-electron chi connectivity index (χ3n) is 5.69. The second-order valence-electron chi connectivity index (χ2n) is 7.41. The smallest absolute Gasteiger partial charge is 0.253 e. The lowest BCUT2D eigenvalue weighted by Gasteiger charge is -2.37. The fourth-order valence-electron chi connectivity index (χ4n) is 4.12. The maximum atomic E-state index is 14.2. The fourth-order valence-corrected chi connectivity index (χ4v) is 4.12. The third-order valence-corrected chi connectivity index (χ3v) is 5.69. The lowest BCUT2D eigenvalue weighted by Crippen LogP contribution is -2.52. The van der Waals surface area contributed by atoms with Crippen LogP contribution in [0.3, 0.4) is 0 Å². The quantitative estimate of drug-likeness (QED) is 0.779.